The van der Waals surface area contributed by atoms with Crippen LogP contribution in [0.3, 0.4) is 0 Å². The van der Waals surface area contributed by atoms with E-state index in [-0.39, 0.29) is 10.8 Å². The van der Waals surface area contributed by atoms with Gasteiger partial charge in [0, 0.05) is 0 Å². The van der Waals surface area contributed by atoms with E-state index in [1.54, 1.807) is 3.21 Å². The normalized spacial score (nSPS) is 13.0. The van der Waals surface area contributed by atoms with Gasteiger partial charge in [0.1, 0.15) is 0 Å². The van der Waals surface area contributed by atoms with Crippen LogP contribution in [0, 0.1) is 26.0 Å². The second-order valence-corrected chi connectivity index (χ2v) is 18.2. The number of hydrogen-bond acceptors (Lipinski definition) is 0. The van der Waals surface area contributed by atoms with E-state index in [1.807, 2.05) is 12.2 Å². The molecule has 0 bridgehead atoms. The molecule has 0 saturated heterocycles. The van der Waals surface area contributed by atoms with E-state index in [2.05, 4.69) is 177 Å². The quantitative estimate of drug-likeness (QED) is 0.157. The van der Waals surface area contributed by atoms with Crippen LogP contribution in [-0.4, -0.2) is 3.21 Å². The molecule has 0 saturated carbocycles. The molecule has 0 spiro atoms. The van der Waals surface area contributed by atoms with Gasteiger partial charge in [0.25, 0.3) is 0 Å². The van der Waals surface area contributed by atoms with Crippen molar-refractivity contribution < 1.29 is 24.2 Å². The Kier molecular flexibility index (Phi) is 11.6. The number of allylic oxidation sites excluding steroid dienone is 4. The number of benzene rings is 6. The van der Waals surface area contributed by atoms with Crippen molar-refractivity contribution in [3.05, 3.63) is 178 Å². The zero-order chi connectivity index (χ0) is 37.0. The molecular formula is C51H52Zr. The molecule has 0 aromatic heterocycles. The van der Waals surface area contributed by atoms with Gasteiger partial charge in [-0.15, -0.1) is 23.1 Å². The van der Waals surface area contributed by atoms with Crippen molar-refractivity contribution >= 4 is 24.8 Å². The van der Waals surface area contributed by atoms with Gasteiger partial charge in [0.15, 0.2) is 0 Å². The van der Waals surface area contributed by atoms with Gasteiger partial charge in [-0.25, -0.2) is 12.2 Å². The van der Waals surface area contributed by atoms with E-state index < -0.39 is 0 Å². The number of aryl methyl sites for hydroxylation is 2. The summed E-state index contributed by atoms with van der Waals surface area (Å²) in [5, 5.41) is 5.45. The molecule has 2 aliphatic carbocycles. The summed E-state index contributed by atoms with van der Waals surface area (Å²) >= 11 is 1.53. The third kappa shape index (κ3) is 8.81. The summed E-state index contributed by atoms with van der Waals surface area (Å²) in [7, 11) is 0. The third-order valence-corrected chi connectivity index (χ3v) is 11.1. The molecule has 0 radical (unpaired) electrons. The van der Waals surface area contributed by atoms with Crippen LogP contribution in [0.4, 0.5) is 0 Å². The minimum absolute atomic E-state index is 0.163. The fraction of sp³-hybridized carbons (Fsp3) is 0.275. The summed E-state index contributed by atoms with van der Waals surface area (Å²) in [6.45, 7) is 18.2. The molecule has 0 atom stereocenters. The Hall–Kier alpha value is -3.93. The summed E-state index contributed by atoms with van der Waals surface area (Å²) in [6.07, 6.45) is 13.2. The van der Waals surface area contributed by atoms with Crippen molar-refractivity contribution in [2.45, 2.75) is 91.9 Å². The summed E-state index contributed by atoms with van der Waals surface area (Å²) in [4.78, 5) is 0. The van der Waals surface area contributed by atoms with Crippen molar-refractivity contribution in [3.8, 4) is 11.1 Å². The van der Waals surface area contributed by atoms with Gasteiger partial charge in [0.05, 0.1) is 0 Å². The Balaban J connectivity index is 0.000000157. The standard InChI is InChI=1S/C23H18.C23H29.C5H5.Zr/c1-3-16-22-18(8-1)10-5-12-20(22)14-7-15-21-13-6-11-19-9-2-4-17-23(19)21;1-14-9-16-11-17-10-15(2)21(23(6,7)8)13-19(17)18(16)12-20(14)22(3,4)5;1-2-4-5-3-1;/h1-6,8-13,16-17H,14-15H2;9,12-13H,11H2,1-8H3;1-3H,4H2;/q;2*-1;+2. The topological polar surface area (TPSA) is 0 Å². The second kappa shape index (κ2) is 16.0. The molecule has 8 rings (SSSR count). The Bertz CT molecular complexity index is 2130. The van der Waals surface area contributed by atoms with Crippen LogP contribution < -0.4 is 0 Å². The maximum atomic E-state index is 3.69. The van der Waals surface area contributed by atoms with Gasteiger partial charge in [-0.3, -0.25) is 6.08 Å². The molecule has 0 heterocycles. The molecule has 2 aliphatic rings. The first kappa shape index (κ1) is 37.8. The van der Waals surface area contributed by atoms with E-state index >= 15 is 0 Å². The van der Waals surface area contributed by atoms with Crippen LogP contribution in [0.5, 0.6) is 0 Å². The summed E-state index contributed by atoms with van der Waals surface area (Å²) in [5.41, 5.74) is 14.5. The molecule has 6 aromatic rings. The molecule has 0 N–H and O–H groups in total. The molecule has 52 heavy (non-hydrogen) atoms. The maximum absolute atomic E-state index is 3.69. The van der Waals surface area contributed by atoms with Crippen LogP contribution in [0.15, 0.2) is 121 Å². The van der Waals surface area contributed by atoms with Gasteiger partial charge in [-0.05, 0) is 35.4 Å². The van der Waals surface area contributed by atoms with E-state index in [0.29, 0.717) is 0 Å². The Labute approximate surface area is 328 Å². The summed E-state index contributed by atoms with van der Waals surface area (Å²) in [5.74, 6) is 0. The van der Waals surface area contributed by atoms with Crippen molar-refractivity contribution in [1.82, 2.24) is 0 Å². The average Bonchev–Trinajstić information content (AvgIpc) is 3.79. The fourth-order valence-electron chi connectivity index (χ4n) is 7.78. The number of fused-ring (bicyclic) bond motifs is 5. The van der Waals surface area contributed by atoms with E-state index in [0.717, 1.165) is 25.7 Å². The summed E-state index contributed by atoms with van der Waals surface area (Å²) < 4.78 is 1.59. The van der Waals surface area contributed by atoms with Crippen LogP contribution in [0.2, 0.25) is 0 Å². The zero-order valence-electron chi connectivity index (χ0n) is 32.4. The molecular weight excluding hydrogens is 704 g/mol. The Morgan fingerprint density at radius 2 is 1.19 bits per heavy atom. The van der Waals surface area contributed by atoms with E-state index in [1.165, 1.54) is 101 Å². The fourth-order valence-corrected chi connectivity index (χ4v) is 8.71. The number of hydrogen-bond donors (Lipinski definition) is 0. The third-order valence-electron chi connectivity index (χ3n) is 10.2. The van der Waals surface area contributed by atoms with Gasteiger partial charge in [-0.2, -0.15) is 23.8 Å². The molecule has 0 unspecified atom stereocenters. The van der Waals surface area contributed by atoms with E-state index in [4.69, 9.17) is 0 Å². The van der Waals surface area contributed by atoms with Crippen LogP contribution >= 0.6 is 0 Å². The zero-order valence-corrected chi connectivity index (χ0v) is 34.8. The first-order valence-corrected chi connectivity index (χ1v) is 19.9. The molecule has 6 aromatic carbocycles. The monoisotopic (exact) mass is 754 g/mol. The number of rotatable bonds is 4. The van der Waals surface area contributed by atoms with Crippen molar-refractivity contribution in [2.75, 3.05) is 0 Å². The predicted molar refractivity (Wildman–Crippen MR) is 222 cm³/mol. The van der Waals surface area contributed by atoms with E-state index in [9.17, 15) is 0 Å². The predicted octanol–water partition coefficient (Wildman–Crippen LogP) is 13.1. The molecule has 0 fully saturated rings. The van der Waals surface area contributed by atoms with Crippen LogP contribution in [-0.2, 0) is 54.3 Å². The molecule has 0 aliphatic heterocycles. The minimum atomic E-state index is 0.163. The van der Waals surface area contributed by atoms with Gasteiger partial charge in [-0.1, -0.05) is 71.6 Å². The molecule has 0 amide bonds. The molecule has 1 heteroatoms. The van der Waals surface area contributed by atoms with Gasteiger partial charge >= 0.3 is 158 Å². The first-order valence-electron chi connectivity index (χ1n) is 18.7. The molecule has 0 nitrogen and oxygen atoms in total. The summed E-state index contributed by atoms with van der Waals surface area (Å²) in [6, 6.07) is 41.6. The molecule has 260 valence electrons. The van der Waals surface area contributed by atoms with Crippen molar-refractivity contribution in [2.24, 2.45) is 0 Å². The Morgan fingerprint density at radius 1 is 0.654 bits per heavy atom. The first-order chi connectivity index (χ1) is 24.8. The van der Waals surface area contributed by atoms with Gasteiger partial charge < -0.3 is 0 Å². The second-order valence-electron chi connectivity index (χ2n) is 16.4. The van der Waals surface area contributed by atoms with Crippen molar-refractivity contribution in [3.63, 3.8) is 0 Å². The average molecular weight is 756 g/mol. The van der Waals surface area contributed by atoms with Crippen LogP contribution in [0.25, 0.3) is 32.7 Å². The van der Waals surface area contributed by atoms with Crippen molar-refractivity contribution in [1.29, 1.82) is 0 Å². The Morgan fingerprint density at radius 3 is 1.69 bits per heavy atom. The van der Waals surface area contributed by atoms with Gasteiger partial charge in [0.2, 0.25) is 0 Å². The SMILES string of the molecule is Cc1[c-]c2c(cc1C(C)(C)C)-c1cc(C(C)(C)C)c(C)cc1C2.[C-]1=CC=CC1.[Zr+2]=[C](Cc1cccc2ccccc12)Cc1cccc2ccccc12. The van der Waals surface area contributed by atoms with Crippen LogP contribution in [0.1, 0.15) is 92.5 Å².